The highest BCUT2D eigenvalue weighted by atomic mass is 31.2. The molecule has 0 aliphatic rings. The summed E-state index contributed by atoms with van der Waals surface area (Å²) in [7, 11) is -3.28. The third-order valence-corrected chi connectivity index (χ3v) is 5.50. The molecule has 24 heavy (non-hydrogen) atoms. The number of carbonyl (C=O) groups is 1. The molecule has 2 rings (SSSR count). The molecule has 7 nitrogen and oxygen atoms in total. The average Bonchev–Trinajstić information content (AvgIpc) is 2.95. The van der Waals surface area contributed by atoms with E-state index in [1.807, 2.05) is 30.5 Å². The lowest BCUT2D eigenvalue weighted by Crippen LogP contribution is -2.43. The van der Waals surface area contributed by atoms with E-state index in [0.29, 0.717) is 6.42 Å². The van der Waals surface area contributed by atoms with E-state index in [0.717, 1.165) is 16.5 Å². The maximum absolute atomic E-state index is 12.5. The lowest BCUT2D eigenvalue weighted by atomic mass is 10.0. The molecule has 0 saturated carbocycles. The highest BCUT2D eigenvalue weighted by Crippen LogP contribution is 2.46. The van der Waals surface area contributed by atoms with Gasteiger partial charge in [0, 0.05) is 17.1 Å². The highest BCUT2D eigenvalue weighted by molar-refractivity contribution is 7.53. The van der Waals surface area contributed by atoms with E-state index in [-0.39, 0.29) is 19.5 Å². The van der Waals surface area contributed by atoms with Crippen LogP contribution in [0.5, 0.6) is 0 Å². The van der Waals surface area contributed by atoms with Gasteiger partial charge in [0.2, 0.25) is 5.91 Å². The smallest absolute Gasteiger partial charge is 0.344 e. The minimum Gasteiger partial charge on any atom is -0.368 e. The zero-order chi connectivity index (χ0) is 17.6. The number of nitrogens with one attached hydrogen (secondary N) is 2. The first kappa shape index (κ1) is 18.7. The Labute approximate surface area is 141 Å². The van der Waals surface area contributed by atoms with E-state index in [4.69, 9.17) is 14.8 Å². The summed E-state index contributed by atoms with van der Waals surface area (Å²) in [5, 5.41) is 3.96. The zero-order valence-electron chi connectivity index (χ0n) is 14.0. The highest BCUT2D eigenvalue weighted by Gasteiger charge is 2.27. The fourth-order valence-corrected chi connectivity index (χ4v) is 4.03. The summed E-state index contributed by atoms with van der Waals surface area (Å²) in [6.45, 7) is 4.01. The molecule has 8 heteroatoms. The number of hydrogen-bond donors (Lipinski definition) is 3. The quantitative estimate of drug-likeness (QED) is 0.569. The summed E-state index contributed by atoms with van der Waals surface area (Å²) in [6.07, 6.45) is 2.18. The van der Waals surface area contributed by atoms with Crippen LogP contribution >= 0.6 is 7.60 Å². The van der Waals surface area contributed by atoms with Crippen LogP contribution in [0.2, 0.25) is 0 Å². The fourth-order valence-electron chi connectivity index (χ4n) is 2.54. The van der Waals surface area contributed by atoms with Crippen molar-refractivity contribution in [2.24, 2.45) is 5.73 Å². The van der Waals surface area contributed by atoms with Crippen molar-refractivity contribution in [1.29, 1.82) is 0 Å². The van der Waals surface area contributed by atoms with Crippen LogP contribution in [0.15, 0.2) is 30.5 Å². The van der Waals surface area contributed by atoms with Crippen molar-refractivity contribution in [3.05, 3.63) is 36.0 Å². The minimum absolute atomic E-state index is 0.0648. The number of benzene rings is 1. The molecule has 0 radical (unpaired) electrons. The Balaban J connectivity index is 2.09. The third-order valence-electron chi connectivity index (χ3n) is 3.63. The predicted octanol–water partition coefficient (Wildman–Crippen LogP) is 2.38. The molecular formula is C16H24N3O4P. The average molecular weight is 353 g/mol. The minimum atomic E-state index is -3.28. The van der Waals surface area contributed by atoms with Gasteiger partial charge in [0.15, 0.2) is 0 Å². The van der Waals surface area contributed by atoms with Gasteiger partial charge in [-0.15, -0.1) is 0 Å². The lowest BCUT2D eigenvalue weighted by molar-refractivity contribution is -0.119. The van der Waals surface area contributed by atoms with Gasteiger partial charge >= 0.3 is 7.60 Å². The number of H-pyrrole nitrogens is 1. The molecule has 0 fully saturated rings. The monoisotopic (exact) mass is 353 g/mol. The fraction of sp³-hybridized carbons (Fsp3) is 0.438. The summed E-state index contributed by atoms with van der Waals surface area (Å²) >= 11 is 0. The number of rotatable bonds is 10. The number of nitrogens with two attached hydrogens (primary N) is 1. The summed E-state index contributed by atoms with van der Waals surface area (Å²) in [5.41, 5.74) is 7.44. The Bertz CT molecular complexity index is 721. The number of primary amides is 1. The number of aromatic amines is 1. The SMILES string of the molecule is CCOP(=O)(CN[C@@H](Cc1c[nH]c2ccccc12)C(N)=O)OCC. The van der Waals surface area contributed by atoms with Gasteiger partial charge in [-0.3, -0.25) is 14.7 Å². The third kappa shape index (κ3) is 4.68. The molecule has 2 aromatic rings. The standard InChI is InChI=1S/C16H24N3O4P/c1-3-22-24(21,23-4-2)11-19-15(16(17)20)9-12-10-18-14-8-6-5-7-13(12)14/h5-8,10,15,18-19H,3-4,9,11H2,1-2H3,(H2,17,20)/t15-/m0/s1. The second-order valence-electron chi connectivity index (χ2n) is 5.33. The van der Waals surface area contributed by atoms with Crippen molar-refractivity contribution in [2.75, 3.05) is 19.5 Å². The van der Waals surface area contributed by atoms with Crippen molar-refractivity contribution >= 4 is 24.4 Å². The molecule has 0 aliphatic heterocycles. The number of carbonyl (C=O) groups excluding carboxylic acids is 1. The van der Waals surface area contributed by atoms with E-state index in [1.165, 1.54) is 0 Å². The van der Waals surface area contributed by atoms with Crippen LogP contribution in [0.3, 0.4) is 0 Å². The van der Waals surface area contributed by atoms with Crippen LogP contribution < -0.4 is 11.1 Å². The molecule has 0 unspecified atom stereocenters. The van der Waals surface area contributed by atoms with Crippen LogP contribution in [-0.2, 0) is 24.8 Å². The normalized spacial score (nSPS) is 13.2. The number of hydrogen-bond acceptors (Lipinski definition) is 5. The molecule has 1 heterocycles. The predicted molar refractivity (Wildman–Crippen MR) is 93.8 cm³/mol. The molecule has 0 aliphatic carbocycles. The van der Waals surface area contributed by atoms with Crippen molar-refractivity contribution in [2.45, 2.75) is 26.3 Å². The van der Waals surface area contributed by atoms with Gasteiger partial charge in [0.05, 0.1) is 25.5 Å². The second kappa shape index (κ2) is 8.44. The Morgan fingerprint density at radius 1 is 1.29 bits per heavy atom. The second-order valence-corrected chi connectivity index (χ2v) is 7.38. The first-order valence-corrected chi connectivity index (χ1v) is 9.67. The Hall–Kier alpha value is -1.66. The summed E-state index contributed by atoms with van der Waals surface area (Å²) in [5.74, 6) is -0.514. The lowest BCUT2D eigenvalue weighted by Gasteiger charge is -2.21. The van der Waals surface area contributed by atoms with E-state index >= 15 is 0 Å². The van der Waals surface area contributed by atoms with Crippen LogP contribution in [0.4, 0.5) is 0 Å². The van der Waals surface area contributed by atoms with E-state index in [9.17, 15) is 9.36 Å². The summed E-state index contributed by atoms with van der Waals surface area (Å²) in [4.78, 5) is 14.9. The number of aromatic nitrogens is 1. The van der Waals surface area contributed by atoms with Gasteiger partial charge in [-0.25, -0.2) is 0 Å². The summed E-state index contributed by atoms with van der Waals surface area (Å²) in [6, 6.07) is 7.14. The van der Waals surface area contributed by atoms with Gasteiger partial charge in [0.25, 0.3) is 0 Å². The molecule has 132 valence electrons. The van der Waals surface area contributed by atoms with Gasteiger partial charge in [-0.2, -0.15) is 0 Å². The summed E-state index contributed by atoms with van der Waals surface area (Å²) < 4.78 is 22.9. The first-order chi connectivity index (χ1) is 11.5. The van der Waals surface area contributed by atoms with Gasteiger partial charge in [-0.05, 0) is 31.9 Å². The Kier molecular flexibility index (Phi) is 6.57. The number of fused-ring (bicyclic) bond motifs is 1. The molecule has 0 bridgehead atoms. The molecule has 1 aromatic heterocycles. The van der Waals surface area contributed by atoms with E-state index < -0.39 is 19.5 Å². The topological polar surface area (TPSA) is 106 Å². The Morgan fingerprint density at radius 2 is 1.96 bits per heavy atom. The maximum atomic E-state index is 12.5. The van der Waals surface area contributed by atoms with E-state index in [2.05, 4.69) is 10.3 Å². The Morgan fingerprint density at radius 3 is 2.58 bits per heavy atom. The molecule has 1 aromatic carbocycles. The van der Waals surface area contributed by atoms with Crippen molar-refractivity contribution in [3.8, 4) is 0 Å². The molecule has 1 amide bonds. The van der Waals surface area contributed by atoms with Gasteiger partial charge < -0.3 is 19.8 Å². The van der Waals surface area contributed by atoms with Gasteiger partial charge in [0.1, 0.15) is 0 Å². The van der Waals surface area contributed by atoms with Crippen molar-refractivity contribution in [3.63, 3.8) is 0 Å². The van der Waals surface area contributed by atoms with Crippen LogP contribution in [-0.4, -0.2) is 36.4 Å². The number of para-hydroxylation sites is 1. The zero-order valence-corrected chi connectivity index (χ0v) is 14.8. The largest absolute Gasteiger partial charge is 0.368 e. The first-order valence-electron chi connectivity index (χ1n) is 7.95. The molecule has 0 saturated heterocycles. The van der Waals surface area contributed by atoms with Gasteiger partial charge in [-0.1, -0.05) is 18.2 Å². The number of amides is 1. The van der Waals surface area contributed by atoms with Crippen LogP contribution in [0.1, 0.15) is 19.4 Å². The molecular weight excluding hydrogens is 329 g/mol. The molecule has 1 atom stereocenters. The molecule has 0 spiro atoms. The van der Waals surface area contributed by atoms with Crippen LogP contribution in [0.25, 0.3) is 10.9 Å². The van der Waals surface area contributed by atoms with E-state index in [1.54, 1.807) is 13.8 Å². The van der Waals surface area contributed by atoms with Crippen LogP contribution in [0, 0.1) is 0 Å². The molecule has 4 N–H and O–H groups in total. The maximum Gasteiger partial charge on any atom is 0.344 e. The van der Waals surface area contributed by atoms with Crippen molar-refractivity contribution in [1.82, 2.24) is 10.3 Å². The van der Waals surface area contributed by atoms with Crippen molar-refractivity contribution < 1.29 is 18.4 Å².